The quantitative estimate of drug-likeness (QED) is 0.609. The van der Waals surface area contributed by atoms with E-state index in [2.05, 4.69) is 63.0 Å². The number of likely N-dealkylation sites (tertiary alicyclic amines) is 1. The van der Waals surface area contributed by atoms with Crippen LogP contribution in [-0.4, -0.2) is 61.5 Å². The van der Waals surface area contributed by atoms with Gasteiger partial charge in [-0.1, -0.05) is 32.4 Å². The van der Waals surface area contributed by atoms with Crippen LogP contribution in [0, 0.1) is 40.4 Å². The zero-order valence-corrected chi connectivity index (χ0v) is 22.4. The molecule has 5 aliphatic rings. The highest BCUT2D eigenvalue weighted by Gasteiger charge is 2.64. The molecule has 4 aliphatic carbocycles. The molecule has 1 heterocycles. The molecule has 5 rings (SSSR count). The van der Waals surface area contributed by atoms with Gasteiger partial charge in [0.1, 0.15) is 0 Å². The van der Waals surface area contributed by atoms with Gasteiger partial charge in [0.25, 0.3) is 0 Å². The minimum Gasteiger partial charge on any atom is -0.341 e. The summed E-state index contributed by atoms with van der Waals surface area (Å²) in [5.74, 6) is 4.20. The topological polar surface area (TPSA) is 35.6 Å². The van der Waals surface area contributed by atoms with Gasteiger partial charge in [-0.25, -0.2) is 0 Å². The number of fused-ring (bicyclic) bond motifs is 4. The first kappa shape index (κ1) is 23.9. The van der Waals surface area contributed by atoms with Crippen LogP contribution < -0.4 is 5.32 Å². The van der Waals surface area contributed by atoms with Gasteiger partial charge in [-0.05, 0) is 113 Å². The van der Waals surface area contributed by atoms with E-state index in [0.717, 1.165) is 42.6 Å². The smallest absolute Gasteiger partial charge is 0.239 e. The number of rotatable bonds is 4. The number of allylic oxidation sites excluding steroid dienone is 1. The zero-order valence-electron chi connectivity index (χ0n) is 22.4. The van der Waals surface area contributed by atoms with Crippen molar-refractivity contribution in [3.8, 4) is 0 Å². The largest absolute Gasteiger partial charge is 0.341 e. The second-order valence-electron chi connectivity index (χ2n) is 13.2. The highest BCUT2D eigenvalue weighted by molar-refractivity contribution is 5.82. The minimum atomic E-state index is -0.0789. The van der Waals surface area contributed by atoms with Gasteiger partial charge in [-0.15, -0.1) is 0 Å². The molecule has 3 saturated carbocycles. The van der Waals surface area contributed by atoms with E-state index in [1.54, 1.807) is 5.57 Å². The van der Waals surface area contributed by atoms with Crippen molar-refractivity contribution in [2.24, 2.45) is 40.4 Å². The van der Waals surface area contributed by atoms with Crippen LogP contribution in [-0.2, 0) is 4.79 Å². The lowest BCUT2D eigenvalue weighted by Gasteiger charge is -2.58. The van der Waals surface area contributed by atoms with E-state index >= 15 is 0 Å². The molecule has 1 spiro atoms. The predicted octanol–water partition coefficient (Wildman–Crippen LogP) is 4.95. The van der Waals surface area contributed by atoms with Crippen LogP contribution >= 0.6 is 0 Å². The Labute approximate surface area is 202 Å². The van der Waals surface area contributed by atoms with Gasteiger partial charge < -0.3 is 15.1 Å². The second kappa shape index (κ2) is 8.36. The zero-order chi connectivity index (χ0) is 23.7. The standard InChI is InChI=1S/C29H49N3O/c1-18(2)26(30-5)27(33)32(7)21-12-14-28(4)20(16-21)8-9-22-24(28)13-15-29-17-31(6)19(3)23(29)10-11-25(22)29/h8,18-19,21-26,30H,9-17H2,1-7H3/t19-,21-,22+,23?,24?,25-,26+,28-,29-/m0/s1. The van der Waals surface area contributed by atoms with E-state index in [-0.39, 0.29) is 11.9 Å². The fourth-order valence-electron chi connectivity index (χ4n) is 9.92. The first-order valence-corrected chi connectivity index (χ1v) is 14.0. The molecule has 0 aromatic rings. The number of hydrogen-bond acceptors (Lipinski definition) is 3. The van der Waals surface area contributed by atoms with Gasteiger partial charge >= 0.3 is 0 Å². The van der Waals surface area contributed by atoms with Gasteiger partial charge in [-0.2, -0.15) is 0 Å². The van der Waals surface area contributed by atoms with Crippen molar-refractivity contribution in [2.75, 3.05) is 27.7 Å². The Morgan fingerprint density at radius 2 is 1.88 bits per heavy atom. The Morgan fingerprint density at radius 1 is 1.15 bits per heavy atom. The van der Waals surface area contributed by atoms with Gasteiger partial charge in [-0.3, -0.25) is 4.79 Å². The molecule has 4 nitrogen and oxygen atoms in total. The summed E-state index contributed by atoms with van der Waals surface area (Å²) < 4.78 is 0. The number of carbonyl (C=O) groups excluding carboxylic acids is 1. The molecular weight excluding hydrogens is 406 g/mol. The molecule has 9 atom stereocenters. The van der Waals surface area contributed by atoms with Gasteiger partial charge in [0.2, 0.25) is 5.91 Å². The minimum absolute atomic E-state index is 0.0789. The molecule has 33 heavy (non-hydrogen) atoms. The summed E-state index contributed by atoms with van der Waals surface area (Å²) in [5.41, 5.74) is 2.66. The van der Waals surface area contributed by atoms with Crippen LogP contribution in [0.15, 0.2) is 11.6 Å². The van der Waals surface area contributed by atoms with Crippen LogP contribution in [0.4, 0.5) is 0 Å². The Balaban J connectivity index is 1.34. The van der Waals surface area contributed by atoms with Crippen molar-refractivity contribution in [1.29, 1.82) is 0 Å². The fraction of sp³-hybridized carbons (Fsp3) is 0.897. The summed E-state index contributed by atoms with van der Waals surface area (Å²) in [5, 5.41) is 3.26. The van der Waals surface area contributed by atoms with E-state index in [4.69, 9.17) is 0 Å². The van der Waals surface area contributed by atoms with E-state index in [1.807, 2.05) is 7.05 Å². The first-order valence-electron chi connectivity index (χ1n) is 14.0. The molecular formula is C29H49N3O. The lowest BCUT2D eigenvalue weighted by atomic mass is 9.47. The van der Waals surface area contributed by atoms with E-state index in [1.165, 1.54) is 45.1 Å². The fourth-order valence-corrected chi connectivity index (χ4v) is 9.92. The molecule has 0 bridgehead atoms. The molecule has 1 N–H and O–H groups in total. The van der Waals surface area contributed by atoms with Crippen LogP contribution in [0.2, 0.25) is 0 Å². The number of hydrogen-bond donors (Lipinski definition) is 1. The van der Waals surface area contributed by atoms with Crippen molar-refractivity contribution in [1.82, 2.24) is 15.1 Å². The number of nitrogens with one attached hydrogen (secondary N) is 1. The summed E-state index contributed by atoms with van der Waals surface area (Å²) in [6.07, 6.45) is 13.3. The number of nitrogens with zero attached hydrogens (tertiary/aromatic N) is 2. The van der Waals surface area contributed by atoms with Gasteiger partial charge in [0.05, 0.1) is 6.04 Å². The van der Waals surface area contributed by atoms with Crippen LogP contribution in [0.3, 0.4) is 0 Å². The van der Waals surface area contributed by atoms with Gasteiger partial charge in [0, 0.05) is 25.7 Å². The summed E-state index contributed by atoms with van der Waals surface area (Å²) in [6, 6.07) is 1.05. The number of carbonyl (C=O) groups is 1. The summed E-state index contributed by atoms with van der Waals surface area (Å²) >= 11 is 0. The Bertz CT molecular complexity index is 807. The molecule has 1 amide bonds. The highest BCUT2D eigenvalue weighted by Crippen LogP contribution is 2.68. The molecule has 0 aromatic carbocycles. The Morgan fingerprint density at radius 3 is 2.58 bits per heavy atom. The molecule has 0 aromatic heterocycles. The number of amides is 1. The van der Waals surface area contributed by atoms with Crippen LogP contribution in [0.1, 0.15) is 79.1 Å². The first-order chi connectivity index (χ1) is 15.6. The summed E-state index contributed by atoms with van der Waals surface area (Å²) in [6.45, 7) is 10.7. The third-order valence-corrected chi connectivity index (χ3v) is 11.8. The second-order valence-corrected chi connectivity index (χ2v) is 13.2. The van der Waals surface area contributed by atoms with Crippen molar-refractivity contribution < 1.29 is 4.79 Å². The monoisotopic (exact) mass is 455 g/mol. The molecule has 1 aliphatic heterocycles. The molecule has 0 radical (unpaired) electrons. The van der Waals surface area contributed by atoms with Gasteiger partial charge in [0.15, 0.2) is 0 Å². The average molecular weight is 456 g/mol. The third kappa shape index (κ3) is 3.40. The average Bonchev–Trinajstić information content (AvgIpc) is 3.26. The molecule has 1 saturated heterocycles. The normalized spacial score (nSPS) is 45.6. The SMILES string of the molecule is CN[C@@H](C(=O)N(C)[C@H]1CC[C@@]2(C)C(=CC[C@@H]3C2CC[C@]24CN(C)[C@@H](C)C2CC[C@@H]34)C1)C(C)C. The maximum atomic E-state index is 13.2. The van der Waals surface area contributed by atoms with Crippen LogP contribution in [0.25, 0.3) is 0 Å². The lowest BCUT2D eigenvalue weighted by Crippen LogP contribution is -2.54. The summed E-state index contributed by atoms with van der Waals surface area (Å²) in [4.78, 5) is 18.0. The van der Waals surface area contributed by atoms with E-state index in [0.29, 0.717) is 22.8 Å². The predicted molar refractivity (Wildman–Crippen MR) is 136 cm³/mol. The Hall–Kier alpha value is -0.870. The van der Waals surface area contributed by atoms with E-state index in [9.17, 15) is 4.79 Å². The van der Waals surface area contributed by atoms with Crippen LogP contribution in [0.5, 0.6) is 0 Å². The van der Waals surface area contributed by atoms with Crippen molar-refractivity contribution in [2.45, 2.75) is 97.2 Å². The number of likely N-dealkylation sites (N-methyl/N-ethyl adjacent to an activating group) is 2. The summed E-state index contributed by atoms with van der Waals surface area (Å²) in [7, 11) is 6.35. The lowest BCUT2D eigenvalue weighted by molar-refractivity contribution is -0.136. The van der Waals surface area contributed by atoms with E-state index < -0.39 is 0 Å². The third-order valence-electron chi connectivity index (χ3n) is 11.8. The van der Waals surface area contributed by atoms with Crippen molar-refractivity contribution >= 4 is 5.91 Å². The molecule has 2 unspecified atom stereocenters. The molecule has 4 fully saturated rings. The highest BCUT2D eigenvalue weighted by atomic mass is 16.2. The molecule has 186 valence electrons. The van der Waals surface area contributed by atoms with Crippen molar-refractivity contribution in [3.05, 3.63) is 11.6 Å². The Kier molecular flexibility index (Phi) is 6.04. The van der Waals surface area contributed by atoms with Crippen molar-refractivity contribution in [3.63, 3.8) is 0 Å². The maximum Gasteiger partial charge on any atom is 0.239 e. The maximum absolute atomic E-state index is 13.2. The molecule has 4 heteroatoms.